The van der Waals surface area contributed by atoms with Gasteiger partial charge in [-0.1, -0.05) is 27.7 Å². The molecule has 1 saturated heterocycles. The van der Waals surface area contributed by atoms with Crippen LogP contribution < -0.4 is 0 Å². The van der Waals surface area contributed by atoms with Gasteiger partial charge in [0.2, 0.25) is 0 Å². The first-order valence-corrected chi connectivity index (χ1v) is 6.18. The average molecular weight is 201 g/mol. The van der Waals surface area contributed by atoms with Crippen LogP contribution in [0.3, 0.4) is 0 Å². The highest BCUT2D eigenvalue weighted by atomic mass is 32.2. The summed E-state index contributed by atoms with van der Waals surface area (Å²) in [4.78, 5) is 2.98. The van der Waals surface area contributed by atoms with Gasteiger partial charge >= 0.3 is 0 Å². The molecule has 1 heterocycles. The molecule has 1 unspecified atom stereocenters. The first kappa shape index (κ1) is 11.4. The van der Waals surface area contributed by atoms with Gasteiger partial charge in [0.15, 0.2) is 0 Å². The molecule has 0 aromatic heterocycles. The molecule has 13 heavy (non-hydrogen) atoms. The zero-order valence-electron chi connectivity index (χ0n) is 9.85. The topological polar surface area (TPSA) is 3.24 Å². The third kappa shape index (κ3) is 2.21. The quantitative estimate of drug-likeness (QED) is 0.641. The standard InChI is InChI=1S/C11H23NS/c1-7-12-9(10(2,3)4)8-13-11(12,5)6/h9H,7-8H2,1-6H3. The zero-order valence-corrected chi connectivity index (χ0v) is 10.7. The highest BCUT2D eigenvalue weighted by Crippen LogP contribution is 2.44. The second-order valence-electron chi connectivity index (χ2n) is 5.43. The Morgan fingerprint density at radius 2 is 1.92 bits per heavy atom. The van der Waals surface area contributed by atoms with Crippen molar-refractivity contribution in [2.24, 2.45) is 5.41 Å². The summed E-state index contributed by atoms with van der Waals surface area (Å²) in [7, 11) is 0. The van der Waals surface area contributed by atoms with E-state index >= 15 is 0 Å². The van der Waals surface area contributed by atoms with Gasteiger partial charge in [0.25, 0.3) is 0 Å². The van der Waals surface area contributed by atoms with Gasteiger partial charge in [0, 0.05) is 11.8 Å². The van der Waals surface area contributed by atoms with Crippen molar-refractivity contribution >= 4 is 11.8 Å². The SMILES string of the molecule is CCN1C(C(C)(C)C)CSC1(C)C. The van der Waals surface area contributed by atoms with E-state index < -0.39 is 0 Å². The fourth-order valence-electron chi connectivity index (χ4n) is 2.15. The Bertz CT molecular complexity index is 181. The van der Waals surface area contributed by atoms with Crippen molar-refractivity contribution in [2.75, 3.05) is 12.3 Å². The Morgan fingerprint density at radius 3 is 2.23 bits per heavy atom. The Balaban J connectivity index is 2.80. The largest absolute Gasteiger partial charge is 0.285 e. The van der Waals surface area contributed by atoms with Crippen molar-refractivity contribution in [3.05, 3.63) is 0 Å². The van der Waals surface area contributed by atoms with Gasteiger partial charge in [0.1, 0.15) is 0 Å². The fourth-order valence-corrected chi connectivity index (χ4v) is 3.82. The summed E-state index contributed by atoms with van der Waals surface area (Å²) >= 11 is 2.09. The van der Waals surface area contributed by atoms with Crippen molar-refractivity contribution < 1.29 is 0 Å². The summed E-state index contributed by atoms with van der Waals surface area (Å²) in [6.45, 7) is 15.2. The molecule has 0 amide bonds. The van der Waals surface area contributed by atoms with Gasteiger partial charge in [-0.15, -0.1) is 11.8 Å². The van der Waals surface area contributed by atoms with Crippen LogP contribution in [-0.2, 0) is 0 Å². The molecule has 2 heteroatoms. The molecule has 0 N–H and O–H groups in total. The molecule has 0 aromatic rings. The zero-order chi connectivity index (χ0) is 10.3. The Hall–Kier alpha value is 0.310. The van der Waals surface area contributed by atoms with Crippen molar-refractivity contribution in [2.45, 2.75) is 52.5 Å². The van der Waals surface area contributed by atoms with Crippen LogP contribution in [0.25, 0.3) is 0 Å². The Morgan fingerprint density at radius 1 is 1.38 bits per heavy atom. The number of hydrogen-bond donors (Lipinski definition) is 0. The molecule has 78 valence electrons. The molecule has 0 aromatic carbocycles. The average Bonchev–Trinajstić information content (AvgIpc) is 2.23. The van der Waals surface area contributed by atoms with Crippen molar-refractivity contribution in [1.82, 2.24) is 4.90 Å². The van der Waals surface area contributed by atoms with Gasteiger partial charge in [-0.25, -0.2) is 0 Å². The second-order valence-corrected chi connectivity index (χ2v) is 7.05. The van der Waals surface area contributed by atoms with Gasteiger partial charge < -0.3 is 0 Å². The van der Waals surface area contributed by atoms with Crippen LogP contribution in [0.1, 0.15) is 41.5 Å². The number of rotatable bonds is 1. The van der Waals surface area contributed by atoms with Gasteiger partial charge in [-0.2, -0.15) is 0 Å². The van der Waals surface area contributed by atoms with E-state index in [4.69, 9.17) is 0 Å². The lowest BCUT2D eigenvalue weighted by Crippen LogP contribution is -2.47. The van der Waals surface area contributed by atoms with Crippen LogP contribution in [-0.4, -0.2) is 28.1 Å². The highest BCUT2D eigenvalue weighted by molar-refractivity contribution is 8.00. The monoisotopic (exact) mass is 201 g/mol. The molecule has 0 radical (unpaired) electrons. The molecule has 1 aliphatic rings. The van der Waals surface area contributed by atoms with E-state index in [2.05, 4.69) is 58.2 Å². The molecule has 1 aliphatic heterocycles. The smallest absolute Gasteiger partial charge is 0.0616 e. The molecule has 1 fully saturated rings. The molecule has 0 saturated carbocycles. The predicted octanol–water partition coefficient (Wildman–Crippen LogP) is 3.21. The molecule has 1 atom stereocenters. The lowest BCUT2D eigenvalue weighted by atomic mass is 9.86. The first-order valence-electron chi connectivity index (χ1n) is 5.19. The van der Waals surface area contributed by atoms with Gasteiger partial charge in [0.05, 0.1) is 4.87 Å². The number of thioether (sulfide) groups is 1. The van der Waals surface area contributed by atoms with Gasteiger partial charge in [-0.3, -0.25) is 4.90 Å². The van der Waals surface area contributed by atoms with Crippen molar-refractivity contribution in [3.63, 3.8) is 0 Å². The van der Waals surface area contributed by atoms with E-state index in [-0.39, 0.29) is 0 Å². The molecule has 1 nitrogen and oxygen atoms in total. The number of hydrogen-bond acceptors (Lipinski definition) is 2. The summed E-state index contributed by atoms with van der Waals surface area (Å²) in [5.74, 6) is 1.28. The van der Waals surface area contributed by atoms with Crippen LogP contribution in [0, 0.1) is 5.41 Å². The summed E-state index contributed by atoms with van der Waals surface area (Å²) in [5.41, 5.74) is 0.413. The molecule has 0 bridgehead atoms. The third-order valence-electron chi connectivity index (χ3n) is 3.00. The van der Waals surface area contributed by atoms with Crippen LogP contribution in [0.4, 0.5) is 0 Å². The minimum atomic E-state index is 0.340. The van der Waals surface area contributed by atoms with Crippen LogP contribution in [0.5, 0.6) is 0 Å². The molecule has 0 aliphatic carbocycles. The molecule has 1 rings (SSSR count). The Labute approximate surface area is 87.3 Å². The number of nitrogens with zero attached hydrogens (tertiary/aromatic N) is 1. The highest BCUT2D eigenvalue weighted by Gasteiger charge is 2.43. The maximum absolute atomic E-state index is 2.64. The lowest BCUT2D eigenvalue weighted by Gasteiger charge is -2.39. The first-order chi connectivity index (χ1) is 5.79. The van der Waals surface area contributed by atoms with E-state index in [0.717, 1.165) is 6.04 Å². The van der Waals surface area contributed by atoms with E-state index in [9.17, 15) is 0 Å². The summed E-state index contributed by atoms with van der Waals surface area (Å²) in [5, 5.41) is 0. The van der Waals surface area contributed by atoms with Crippen LogP contribution in [0.2, 0.25) is 0 Å². The molecular formula is C11H23NS. The van der Waals surface area contributed by atoms with Gasteiger partial charge in [-0.05, 0) is 25.8 Å². The minimum Gasteiger partial charge on any atom is -0.285 e. The second kappa shape index (κ2) is 3.47. The van der Waals surface area contributed by atoms with Crippen molar-refractivity contribution in [1.29, 1.82) is 0 Å². The Kier molecular flexibility index (Phi) is 3.04. The summed E-state index contributed by atoms with van der Waals surface area (Å²) in [6, 6.07) is 0.734. The summed E-state index contributed by atoms with van der Waals surface area (Å²) in [6.07, 6.45) is 0. The predicted molar refractivity (Wildman–Crippen MR) is 62.2 cm³/mol. The van der Waals surface area contributed by atoms with Crippen molar-refractivity contribution in [3.8, 4) is 0 Å². The molecular weight excluding hydrogens is 178 g/mol. The van der Waals surface area contributed by atoms with E-state index in [0.29, 0.717) is 10.3 Å². The summed E-state index contributed by atoms with van der Waals surface area (Å²) < 4.78 is 0. The van der Waals surface area contributed by atoms with E-state index in [1.54, 1.807) is 0 Å². The normalized spacial score (nSPS) is 29.5. The van der Waals surface area contributed by atoms with E-state index in [1.165, 1.54) is 12.3 Å². The van der Waals surface area contributed by atoms with E-state index in [1.807, 2.05) is 0 Å². The minimum absolute atomic E-state index is 0.340. The molecule has 0 spiro atoms. The fraction of sp³-hybridized carbons (Fsp3) is 1.00. The maximum Gasteiger partial charge on any atom is 0.0616 e. The lowest BCUT2D eigenvalue weighted by molar-refractivity contribution is 0.0924. The van der Waals surface area contributed by atoms with Crippen LogP contribution in [0.15, 0.2) is 0 Å². The maximum atomic E-state index is 2.64. The van der Waals surface area contributed by atoms with Crippen LogP contribution >= 0.6 is 11.8 Å². The third-order valence-corrected chi connectivity index (χ3v) is 4.43.